The third kappa shape index (κ3) is 5.31. The van der Waals surface area contributed by atoms with Crippen LogP contribution in [0.3, 0.4) is 0 Å². The number of benzene rings is 2. The van der Waals surface area contributed by atoms with Gasteiger partial charge in [-0.1, -0.05) is 42.5 Å². The van der Waals surface area contributed by atoms with Crippen molar-refractivity contribution in [2.24, 2.45) is 11.3 Å². The standard InChI is InChI=1S/C29H36FN3O4/c1-20-23(10-7-11-25(20)30)26-24(27(35)22-8-5-4-6-9-22)18-31-19-29(26,12-17-37-3)28(36)33-15-13-32(14-16-33)21(2)34/h4-11,24,26,31H,12-19H2,1-3H3/t24-,26-,29+/m0/s1. The molecule has 2 aromatic rings. The van der Waals surface area contributed by atoms with Crippen LogP contribution in [0.25, 0.3) is 0 Å². The number of Topliss-reactive ketones (excluding diaryl/α,β-unsaturated/α-hetero) is 1. The van der Waals surface area contributed by atoms with Crippen molar-refractivity contribution >= 4 is 17.6 Å². The summed E-state index contributed by atoms with van der Waals surface area (Å²) in [4.78, 5) is 43.8. The molecule has 2 aliphatic rings. The summed E-state index contributed by atoms with van der Waals surface area (Å²) in [5.41, 5.74) is 0.678. The van der Waals surface area contributed by atoms with Gasteiger partial charge in [-0.25, -0.2) is 4.39 Å². The first-order valence-corrected chi connectivity index (χ1v) is 12.9. The minimum atomic E-state index is -1.03. The number of hydrogen-bond acceptors (Lipinski definition) is 5. The zero-order valence-corrected chi connectivity index (χ0v) is 21.8. The van der Waals surface area contributed by atoms with Gasteiger partial charge in [-0.3, -0.25) is 14.4 Å². The molecule has 2 fully saturated rings. The molecule has 0 aliphatic carbocycles. The minimum absolute atomic E-state index is 0.0117. The lowest BCUT2D eigenvalue weighted by molar-refractivity contribution is -0.150. The zero-order valence-electron chi connectivity index (χ0n) is 21.8. The highest BCUT2D eigenvalue weighted by molar-refractivity contribution is 5.99. The number of carbonyl (C=O) groups excluding carboxylic acids is 3. The average Bonchev–Trinajstić information content (AvgIpc) is 2.93. The second-order valence-corrected chi connectivity index (χ2v) is 10.1. The van der Waals surface area contributed by atoms with Gasteiger partial charge in [-0.05, 0) is 30.5 Å². The summed E-state index contributed by atoms with van der Waals surface area (Å²) in [5.74, 6) is -1.65. The molecule has 1 N–H and O–H groups in total. The lowest BCUT2D eigenvalue weighted by atomic mass is 9.59. The number of methoxy groups -OCH3 is 1. The first-order chi connectivity index (χ1) is 17.8. The smallest absolute Gasteiger partial charge is 0.230 e. The number of nitrogens with one attached hydrogen (secondary N) is 1. The lowest BCUT2D eigenvalue weighted by Gasteiger charge is -2.50. The Bertz CT molecular complexity index is 1130. The van der Waals surface area contributed by atoms with Gasteiger partial charge in [0.25, 0.3) is 0 Å². The van der Waals surface area contributed by atoms with E-state index in [9.17, 15) is 18.8 Å². The molecule has 198 valence electrons. The molecule has 0 radical (unpaired) electrons. The van der Waals surface area contributed by atoms with Crippen molar-refractivity contribution in [2.45, 2.75) is 26.2 Å². The fourth-order valence-electron chi connectivity index (χ4n) is 5.98. The highest BCUT2D eigenvalue weighted by atomic mass is 19.1. The van der Waals surface area contributed by atoms with Crippen molar-refractivity contribution in [2.75, 3.05) is 53.0 Å². The van der Waals surface area contributed by atoms with E-state index in [0.717, 1.165) is 0 Å². The predicted molar refractivity (Wildman–Crippen MR) is 139 cm³/mol. The minimum Gasteiger partial charge on any atom is -0.385 e. The number of amides is 2. The van der Waals surface area contributed by atoms with Crippen molar-refractivity contribution in [3.8, 4) is 0 Å². The van der Waals surface area contributed by atoms with Crippen LogP contribution >= 0.6 is 0 Å². The van der Waals surface area contributed by atoms with Crippen LogP contribution in [0.2, 0.25) is 0 Å². The second kappa shape index (κ2) is 11.5. The van der Waals surface area contributed by atoms with Crippen molar-refractivity contribution in [3.05, 3.63) is 71.0 Å². The summed E-state index contributed by atoms with van der Waals surface area (Å²) in [6, 6.07) is 14.0. The third-order valence-corrected chi connectivity index (χ3v) is 8.03. The second-order valence-electron chi connectivity index (χ2n) is 10.1. The predicted octanol–water partition coefficient (Wildman–Crippen LogP) is 3.03. The molecule has 2 saturated heterocycles. The number of piperidine rings is 1. The van der Waals surface area contributed by atoms with Gasteiger partial charge in [0, 0.05) is 77.3 Å². The summed E-state index contributed by atoms with van der Waals surface area (Å²) in [7, 11) is 1.59. The van der Waals surface area contributed by atoms with Crippen LogP contribution in [-0.2, 0) is 14.3 Å². The van der Waals surface area contributed by atoms with Crippen LogP contribution in [0.1, 0.15) is 40.7 Å². The molecule has 0 saturated carbocycles. The number of nitrogens with zero attached hydrogens (tertiary/aromatic N) is 2. The van der Waals surface area contributed by atoms with Gasteiger partial charge in [0.15, 0.2) is 5.78 Å². The monoisotopic (exact) mass is 509 g/mol. The normalized spacial score (nSPS) is 24.1. The largest absolute Gasteiger partial charge is 0.385 e. The van der Waals surface area contributed by atoms with E-state index in [0.29, 0.717) is 69.0 Å². The van der Waals surface area contributed by atoms with Gasteiger partial charge in [-0.2, -0.15) is 0 Å². The van der Waals surface area contributed by atoms with E-state index in [1.165, 1.54) is 13.0 Å². The van der Waals surface area contributed by atoms with E-state index < -0.39 is 17.3 Å². The number of piperazine rings is 1. The van der Waals surface area contributed by atoms with Crippen LogP contribution in [0.5, 0.6) is 0 Å². The summed E-state index contributed by atoms with van der Waals surface area (Å²) in [5, 5.41) is 3.38. The van der Waals surface area contributed by atoms with Crippen LogP contribution in [-0.4, -0.2) is 80.4 Å². The topological polar surface area (TPSA) is 79.0 Å². The Morgan fingerprint density at radius 2 is 1.70 bits per heavy atom. The Morgan fingerprint density at radius 3 is 2.35 bits per heavy atom. The number of ether oxygens (including phenoxy) is 1. The molecule has 0 aromatic heterocycles. The molecule has 37 heavy (non-hydrogen) atoms. The molecule has 2 heterocycles. The number of ketones is 1. The molecule has 8 heteroatoms. The van der Waals surface area contributed by atoms with E-state index in [2.05, 4.69) is 5.32 Å². The highest BCUT2D eigenvalue weighted by Gasteiger charge is 2.55. The van der Waals surface area contributed by atoms with Gasteiger partial charge in [-0.15, -0.1) is 0 Å². The highest BCUT2D eigenvalue weighted by Crippen LogP contribution is 2.49. The van der Waals surface area contributed by atoms with Crippen LogP contribution in [0.4, 0.5) is 4.39 Å². The molecular weight excluding hydrogens is 473 g/mol. The molecule has 2 amide bonds. The fraction of sp³-hybridized carbons (Fsp3) is 0.483. The maximum absolute atomic E-state index is 14.9. The van der Waals surface area contributed by atoms with E-state index in [4.69, 9.17) is 4.74 Å². The van der Waals surface area contributed by atoms with E-state index in [-0.39, 0.29) is 23.4 Å². The summed E-state index contributed by atoms with van der Waals surface area (Å²) < 4.78 is 20.4. The van der Waals surface area contributed by atoms with E-state index in [1.807, 2.05) is 24.3 Å². The molecule has 0 unspecified atom stereocenters. The Balaban J connectivity index is 1.81. The van der Waals surface area contributed by atoms with Crippen molar-refractivity contribution in [3.63, 3.8) is 0 Å². The fourth-order valence-corrected chi connectivity index (χ4v) is 5.98. The van der Waals surface area contributed by atoms with E-state index in [1.54, 1.807) is 42.0 Å². The first-order valence-electron chi connectivity index (χ1n) is 12.9. The van der Waals surface area contributed by atoms with Crippen molar-refractivity contribution < 1.29 is 23.5 Å². The Kier molecular flexibility index (Phi) is 8.39. The summed E-state index contributed by atoms with van der Waals surface area (Å²) in [6.07, 6.45) is 0.376. The van der Waals surface area contributed by atoms with Crippen molar-refractivity contribution in [1.82, 2.24) is 15.1 Å². The molecule has 4 rings (SSSR count). The molecular formula is C29H36FN3O4. The molecule has 0 spiro atoms. The lowest BCUT2D eigenvalue weighted by Crippen LogP contribution is -2.62. The van der Waals surface area contributed by atoms with Crippen molar-refractivity contribution in [1.29, 1.82) is 0 Å². The van der Waals surface area contributed by atoms with Crippen LogP contribution in [0.15, 0.2) is 48.5 Å². The number of hydrogen-bond donors (Lipinski definition) is 1. The van der Waals surface area contributed by atoms with Gasteiger partial charge in [0.2, 0.25) is 11.8 Å². The van der Waals surface area contributed by atoms with Gasteiger partial charge >= 0.3 is 0 Å². The number of halogens is 1. The zero-order chi connectivity index (χ0) is 26.6. The van der Waals surface area contributed by atoms with Gasteiger partial charge < -0.3 is 19.9 Å². The molecule has 7 nitrogen and oxygen atoms in total. The maximum atomic E-state index is 14.9. The Hall–Kier alpha value is -3.10. The Morgan fingerprint density at radius 1 is 1.03 bits per heavy atom. The quantitative estimate of drug-likeness (QED) is 0.581. The molecule has 0 bridgehead atoms. The number of carbonyl (C=O) groups is 3. The first kappa shape index (κ1) is 26.9. The molecule has 3 atom stereocenters. The maximum Gasteiger partial charge on any atom is 0.230 e. The van der Waals surface area contributed by atoms with E-state index >= 15 is 0 Å². The van der Waals surface area contributed by atoms with Gasteiger partial charge in [0.1, 0.15) is 5.82 Å². The van der Waals surface area contributed by atoms with Gasteiger partial charge in [0.05, 0.1) is 5.41 Å². The SMILES string of the molecule is COCC[C@@]1(C(=O)N2CCN(C(C)=O)CC2)CNC[C@H](C(=O)c2ccccc2)[C@@H]1c1cccc(F)c1C. The number of rotatable bonds is 7. The Labute approximate surface area is 218 Å². The summed E-state index contributed by atoms with van der Waals surface area (Å²) >= 11 is 0. The molecule has 2 aromatic carbocycles. The molecule has 2 aliphatic heterocycles. The summed E-state index contributed by atoms with van der Waals surface area (Å²) in [6.45, 7) is 6.06. The third-order valence-electron chi connectivity index (χ3n) is 8.03. The van der Waals surface area contributed by atoms with Crippen LogP contribution < -0.4 is 5.32 Å². The van der Waals surface area contributed by atoms with Crippen LogP contribution in [0, 0.1) is 24.1 Å². The average molecular weight is 510 g/mol.